The normalized spacial score (nSPS) is 16.7. The van der Waals surface area contributed by atoms with Gasteiger partial charge < -0.3 is 49.0 Å². The van der Waals surface area contributed by atoms with Crippen molar-refractivity contribution < 1.29 is 42.4 Å². The molecule has 1 aliphatic heterocycles. The van der Waals surface area contributed by atoms with Crippen molar-refractivity contribution in [1.82, 2.24) is 35.2 Å². The van der Waals surface area contributed by atoms with Gasteiger partial charge in [-0.05, 0) is 84.1 Å². The molecule has 4 rings (SSSR count). The average molecular weight is 995 g/mol. The van der Waals surface area contributed by atoms with Gasteiger partial charge in [-0.2, -0.15) is 4.98 Å². The first-order valence-electron chi connectivity index (χ1n) is 24.5. The van der Waals surface area contributed by atoms with E-state index in [1.807, 2.05) is 27.7 Å². The van der Waals surface area contributed by atoms with Crippen molar-refractivity contribution in [2.75, 3.05) is 62.9 Å². The Morgan fingerprint density at radius 1 is 0.971 bits per heavy atom. The Kier molecular flexibility index (Phi) is 24.7. The van der Waals surface area contributed by atoms with E-state index in [9.17, 15) is 24.0 Å². The summed E-state index contributed by atoms with van der Waals surface area (Å²) in [6, 6.07) is 6.71. The Bertz CT molecular complexity index is 2220. The standard InChI is InChI=1S/C49H75N10O10P/c1-11-42-43(69-70(67-24-20-50-10)59(33(4)5)34(6)7)27-41(68-42)28-44(62)51-21-23-66-26-25-65-22-12-13-40(61)19-14-35(8)54-47(63)37-15-17-39(18-16-37)58(36(9)60)31-38-30-52-46-45(55-38)48(64)57-49(56-46)53-29-32(2)3/h15-18,30,32-35,41-43H,11-14,19-29,31H2,1-9H3,(H,51,62)(H,54,63)(H2,52,53,56,57,64)/t35-,41+,42-,43?,70?/m1/s1. The summed E-state index contributed by atoms with van der Waals surface area (Å²) in [5.41, 5.74) is 1.13. The molecule has 1 saturated heterocycles. The maximum Gasteiger partial charge on any atom is 0.280 e. The molecule has 20 nitrogen and oxygen atoms in total. The molecule has 2 unspecified atom stereocenters. The van der Waals surface area contributed by atoms with E-state index >= 15 is 0 Å². The molecule has 5 atom stereocenters. The number of hydrogen-bond acceptors (Lipinski definition) is 15. The largest absolute Gasteiger partial charge is 0.379 e. The molecular weight excluding hydrogens is 920 g/mol. The Morgan fingerprint density at radius 3 is 2.34 bits per heavy atom. The predicted octanol–water partition coefficient (Wildman–Crippen LogP) is 6.36. The van der Waals surface area contributed by atoms with E-state index in [-0.39, 0.29) is 90.6 Å². The highest BCUT2D eigenvalue weighted by Gasteiger charge is 2.40. The second-order valence-corrected chi connectivity index (χ2v) is 19.7. The molecule has 386 valence electrons. The molecule has 1 fully saturated rings. The van der Waals surface area contributed by atoms with Gasteiger partial charge in [0.25, 0.3) is 20.0 Å². The van der Waals surface area contributed by atoms with Crippen LogP contribution in [0.15, 0.2) is 35.3 Å². The minimum absolute atomic E-state index is 0.0460. The number of H-pyrrole nitrogens is 1. The highest BCUT2D eigenvalue weighted by molar-refractivity contribution is 7.44. The van der Waals surface area contributed by atoms with E-state index in [1.165, 1.54) is 18.0 Å². The van der Waals surface area contributed by atoms with Gasteiger partial charge in [-0.25, -0.2) is 21.2 Å². The van der Waals surface area contributed by atoms with Crippen LogP contribution in [0, 0.1) is 12.5 Å². The number of hydrogen-bond donors (Lipinski definition) is 4. The van der Waals surface area contributed by atoms with Crippen molar-refractivity contribution in [2.45, 2.75) is 150 Å². The van der Waals surface area contributed by atoms with Crippen LogP contribution in [0.5, 0.6) is 0 Å². The number of aromatic amines is 1. The number of nitrogens with zero attached hydrogens (tertiary/aromatic N) is 6. The molecule has 3 heterocycles. The van der Waals surface area contributed by atoms with Crippen LogP contribution >= 0.6 is 8.53 Å². The molecular formula is C49H75N10O10P. The molecule has 0 radical (unpaired) electrons. The molecule has 3 amide bonds. The second-order valence-electron chi connectivity index (χ2n) is 18.3. The molecule has 70 heavy (non-hydrogen) atoms. The first kappa shape index (κ1) is 57.6. The number of ketones is 1. The van der Waals surface area contributed by atoms with Gasteiger partial charge in [-0.1, -0.05) is 20.8 Å². The number of aromatic nitrogens is 4. The first-order valence-corrected chi connectivity index (χ1v) is 25.6. The minimum atomic E-state index is -1.41. The number of nitrogens with one attached hydrogen (secondary N) is 4. The van der Waals surface area contributed by atoms with Gasteiger partial charge in [0.15, 0.2) is 11.2 Å². The van der Waals surface area contributed by atoms with Crippen molar-refractivity contribution in [3.8, 4) is 0 Å². The van der Waals surface area contributed by atoms with Gasteiger partial charge in [-0.15, -0.1) is 0 Å². The maximum atomic E-state index is 13.0. The molecule has 1 aromatic carbocycles. The SMILES string of the molecule is [C-]#[N+]CCOP(OC1C[C@@H](CC(=O)NCCOCCOCCCC(=O)CC[C@@H](C)NC(=O)c2ccc(N(Cc3cnc4nc(NCC(C)C)[nH]c(=O)c4n3)C(C)=O)cc2)O[C@@H]1CC)N(C(C)C)C(C)C. The molecule has 0 bridgehead atoms. The van der Waals surface area contributed by atoms with Gasteiger partial charge in [0.1, 0.15) is 12.4 Å². The second kappa shape index (κ2) is 30.0. The molecule has 0 saturated carbocycles. The number of anilines is 2. The lowest BCUT2D eigenvalue weighted by molar-refractivity contribution is -0.124. The third-order valence-electron chi connectivity index (χ3n) is 11.2. The summed E-state index contributed by atoms with van der Waals surface area (Å²) in [5.74, 6) is 0.0525. The van der Waals surface area contributed by atoms with Crippen LogP contribution in [0.1, 0.15) is 123 Å². The van der Waals surface area contributed by atoms with Crippen LogP contribution in [0.4, 0.5) is 11.6 Å². The van der Waals surface area contributed by atoms with E-state index in [2.05, 4.69) is 73.1 Å². The first-order chi connectivity index (χ1) is 33.5. The monoisotopic (exact) mass is 995 g/mol. The van der Waals surface area contributed by atoms with Crippen molar-refractivity contribution >= 4 is 54.8 Å². The lowest BCUT2D eigenvalue weighted by Crippen LogP contribution is -2.35. The quantitative estimate of drug-likeness (QED) is 0.0303. The van der Waals surface area contributed by atoms with Gasteiger partial charge in [-0.3, -0.25) is 29.0 Å². The van der Waals surface area contributed by atoms with Crippen LogP contribution in [0.3, 0.4) is 0 Å². The average Bonchev–Trinajstić information content (AvgIpc) is 3.70. The highest BCUT2D eigenvalue weighted by atomic mass is 31.2. The molecule has 21 heteroatoms. The van der Waals surface area contributed by atoms with E-state index < -0.39 is 14.1 Å². The summed E-state index contributed by atoms with van der Waals surface area (Å²) in [4.78, 5) is 84.5. The summed E-state index contributed by atoms with van der Waals surface area (Å²) in [6.07, 6.45) is 4.10. The van der Waals surface area contributed by atoms with Crippen molar-refractivity contribution in [3.05, 3.63) is 63.5 Å². The van der Waals surface area contributed by atoms with E-state index in [0.717, 1.165) is 6.42 Å². The van der Waals surface area contributed by atoms with E-state index in [0.29, 0.717) is 107 Å². The number of amides is 3. The number of fused-ring (bicyclic) bond motifs is 1. The summed E-state index contributed by atoms with van der Waals surface area (Å²) in [7, 11) is -1.41. The van der Waals surface area contributed by atoms with Gasteiger partial charge in [0.05, 0.1) is 63.0 Å². The van der Waals surface area contributed by atoms with E-state index in [4.69, 9.17) is 29.8 Å². The molecule has 0 aliphatic carbocycles. The smallest absolute Gasteiger partial charge is 0.280 e. The summed E-state index contributed by atoms with van der Waals surface area (Å²) in [5, 5.41) is 8.92. The molecule has 0 spiro atoms. The number of rotatable bonds is 32. The minimum Gasteiger partial charge on any atom is -0.379 e. The van der Waals surface area contributed by atoms with Gasteiger partial charge >= 0.3 is 0 Å². The van der Waals surface area contributed by atoms with Crippen LogP contribution in [-0.2, 0) is 44.2 Å². The number of Topliss-reactive ketones (excluding diaryl/α,β-unsaturated/α-hetero) is 1. The summed E-state index contributed by atoms with van der Waals surface area (Å²) < 4.78 is 32.3. The number of carbonyl (C=O) groups excluding carboxylic acids is 4. The van der Waals surface area contributed by atoms with Crippen molar-refractivity contribution in [2.24, 2.45) is 5.92 Å². The van der Waals surface area contributed by atoms with Crippen LogP contribution in [-0.4, -0.2) is 137 Å². The maximum absolute atomic E-state index is 13.0. The van der Waals surface area contributed by atoms with Gasteiger partial charge in [0.2, 0.25) is 24.3 Å². The summed E-state index contributed by atoms with van der Waals surface area (Å²) >= 11 is 0. The van der Waals surface area contributed by atoms with Gasteiger partial charge in [0, 0.05) is 75.3 Å². The Morgan fingerprint density at radius 2 is 1.69 bits per heavy atom. The fraction of sp³-hybridized carbons (Fsp3) is 0.653. The van der Waals surface area contributed by atoms with Crippen molar-refractivity contribution in [1.29, 1.82) is 0 Å². The molecule has 3 aromatic rings. The lowest BCUT2D eigenvalue weighted by atomic mass is 10.1. The topological polar surface area (TPSA) is 233 Å². The molecule has 1 aliphatic rings. The third kappa shape index (κ3) is 19.3. The molecule has 2 aromatic heterocycles. The van der Waals surface area contributed by atoms with Crippen LogP contribution in [0.25, 0.3) is 16.0 Å². The number of carbonyl (C=O) groups is 4. The Labute approximate surface area is 413 Å². The van der Waals surface area contributed by atoms with Crippen molar-refractivity contribution in [3.63, 3.8) is 0 Å². The third-order valence-corrected chi connectivity index (χ3v) is 13.3. The fourth-order valence-electron chi connectivity index (χ4n) is 7.68. The fourth-order valence-corrected chi connectivity index (χ4v) is 9.43. The van der Waals surface area contributed by atoms with Crippen LogP contribution < -0.4 is 26.4 Å². The number of ether oxygens (including phenoxy) is 3. The zero-order chi connectivity index (χ0) is 51.2. The lowest BCUT2D eigenvalue weighted by Gasteiger charge is -2.37. The molecule has 4 N–H and O–H groups in total. The summed E-state index contributed by atoms with van der Waals surface area (Å²) in [6.45, 7) is 27.9. The zero-order valence-corrected chi connectivity index (χ0v) is 43.3. The highest BCUT2D eigenvalue weighted by Crippen LogP contribution is 2.49. The van der Waals surface area contributed by atoms with Crippen LogP contribution in [0.2, 0.25) is 0 Å². The predicted molar refractivity (Wildman–Crippen MR) is 269 cm³/mol. The Hall–Kier alpha value is -5.00. The van der Waals surface area contributed by atoms with E-state index in [1.54, 1.807) is 24.3 Å². The zero-order valence-electron chi connectivity index (χ0n) is 42.5. The Balaban J connectivity index is 1.06. The number of benzene rings is 1.